The normalized spacial score (nSPS) is 15.3. The molecule has 1 aliphatic rings. The molecule has 3 rings (SSSR count). The number of sulfone groups is 1. The zero-order chi connectivity index (χ0) is 15.0. The predicted octanol–water partition coefficient (Wildman–Crippen LogP) is 1.33. The van der Waals surface area contributed by atoms with E-state index in [-0.39, 0.29) is 10.8 Å². The number of nitrogens with zero attached hydrogens (tertiary/aromatic N) is 3. The second kappa shape index (κ2) is 5.34. The first-order valence-corrected chi connectivity index (χ1v) is 9.03. The molecule has 1 aliphatic carbocycles. The SMILES string of the molecule is CN(CC1CC1)C(=O)CS(=O)(=O)c1cccc2nsnc12. The van der Waals surface area contributed by atoms with E-state index in [0.717, 1.165) is 24.6 Å². The first kappa shape index (κ1) is 14.4. The summed E-state index contributed by atoms with van der Waals surface area (Å²) in [7, 11) is -2.05. The fourth-order valence-electron chi connectivity index (χ4n) is 2.17. The second-order valence-electron chi connectivity index (χ2n) is 5.36. The van der Waals surface area contributed by atoms with Crippen LogP contribution in [0.5, 0.6) is 0 Å². The van der Waals surface area contributed by atoms with E-state index < -0.39 is 15.6 Å². The Labute approximate surface area is 127 Å². The van der Waals surface area contributed by atoms with Crippen LogP contribution in [0.2, 0.25) is 0 Å². The third kappa shape index (κ3) is 3.06. The number of amides is 1. The summed E-state index contributed by atoms with van der Waals surface area (Å²) >= 11 is 0.965. The molecule has 1 amide bonds. The van der Waals surface area contributed by atoms with Gasteiger partial charge in [-0.25, -0.2) is 8.42 Å². The lowest BCUT2D eigenvalue weighted by Gasteiger charge is -2.16. The van der Waals surface area contributed by atoms with Gasteiger partial charge in [-0.2, -0.15) is 8.75 Å². The quantitative estimate of drug-likeness (QED) is 0.828. The lowest BCUT2D eigenvalue weighted by Crippen LogP contribution is -2.34. The van der Waals surface area contributed by atoms with Gasteiger partial charge in [-0.15, -0.1) is 0 Å². The molecule has 1 fully saturated rings. The maximum Gasteiger partial charge on any atom is 0.237 e. The highest BCUT2D eigenvalue weighted by Gasteiger charge is 2.28. The molecule has 1 aromatic carbocycles. The Hall–Kier alpha value is -1.54. The number of fused-ring (bicyclic) bond motifs is 1. The van der Waals surface area contributed by atoms with E-state index >= 15 is 0 Å². The first-order chi connectivity index (χ1) is 9.97. The van der Waals surface area contributed by atoms with E-state index in [1.165, 1.54) is 11.0 Å². The highest BCUT2D eigenvalue weighted by Crippen LogP contribution is 2.29. The van der Waals surface area contributed by atoms with Crippen LogP contribution < -0.4 is 0 Å². The smallest absolute Gasteiger partial charge is 0.237 e. The van der Waals surface area contributed by atoms with Gasteiger partial charge in [0.05, 0.1) is 16.6 Å². The van der Waals surface area contributed by atoms with Gasteiger partial charge < -0.3 is 4.90 Å². The van der Waals surface area contributed by atoms with Crippen molar-refractivity contribution in [1.82, 2.24) is 13.6 Å². The number of carbonyl (C=O) groups excluding carboxylic acids is 1. The molecule has 8 heteroatoms. The summed E-state index contributed by atoms with van der Waals surface area (Å²) in [4.78, 5) is 13.7. The molecule has 0 atom stereocenters. The molecule has 112 valence electrons. The van der Waals surface area contributed by atoms with Crippen molar-refractivity contribution in [3.63, 3.8) is 0 Å². The molecule has 0 aliphatic heterocycles. The fraction of sp³-hybridized carbons (Fsp3) is 0.462. The maximum absolute atomic E-state index is 12.4. The molecule has 0 saturated heterocycles. The van der Waals surface area contributed by atoms with Gasteiger partial charge in [-0.05, 0) is 30.9 Å². The predicted molar refractivity (Wildman–Crippen MR) is 79.8 cm³/mol. The number of rotatable bonds is 5. The van der Waals surface area contributed by atoms with E-state index in [2.05, 4.69) is 8.75 Å². The molecule has 1 aromatic heterocycles. The Morgan fingerprint density at radius 1 is 1.38 bits per heavy atom. The Morgan fingerprint density at radius 2 is 2.14 bits per heavy atom. The Kier molecular flexibility index (Phi) is 3.66. The highest BCUT2D eigenvalue weighted by atomic mass is 32.2. The van der Waals surface area contributed by atoms with Crippen molar-refractivity contribution in [3.8, 4) is 0 Å². The van der Waals surface area contributed by atoms with Gasteiger partial charge in [0.15, 0.2) is 9.84 Å². The standard InChI is InChI=1S/C13H15N3O3S2/c1-16(7-9-5-6-9)12(17)8-21(18,19)11-4-2-3-10-13(11)15-20-14-10/h2-4,9H,5-8H2,1H3. The van der Waals surface area contributed by atoms with Gasteiger partial charge in [0.1, 0.15) is 16.8 Å². The molecule has 0 bridgehead atoms. The van der Waals surface area contributed by atoms with Gasteiger partial charge in [0.25, 0.3) is 0 Å². The molecule has 2 aromatic rings. The minimum absolute atomic E-state index is 0.0851. The third-order valence-corrected chi connectivity index (χ3v) is 5.72. The Morgan fingerprint density at radius 3 is 2.86 bits per heavy atom. The van der Waals surface area contributed by atoms with E-state index in [1.807, 2.05) is 0 Å². The third-order valence-electron chi connectivity index (χ3n) is 3.55. The van der Waals surface area contributed by atoms with Crippen molar-refractivity contribution in [2.45, 2.75) is 17.7 Å². The average Bonchev–Trinajstić information content (AvgIpc) is 3.11. The number of aromatic nitrogens is 2. The van der Waals surface area contributed by atoms with E-state index in [0.29, 0.717) is 23.5 Å². The van der Waals surface area contributed by atoms with Crippen molar-refractivity contribution in [3.05, 3.63) is 18.2 Å². The summed E-state index contributed by atoms with van der Waals surface area (Å²) in [6, 6.07) is 4.81. The van der Waals surface area contributed by atoms with Crippen molar-refractivity contribution in [1.29, 1.82) is 0 Å². The monoisotopic (exact) mass is 325 g/mol. The van der Waals surface area contributed by atoms with Crippen LogP contribution in [0.25, 0.3) is 11.0 Å². The topological polar surface area (TPSA) is 80.2 Å². The first-order valence-electron chi connectivity index (χ1n) is 6.65. The molecule has 21 heavy (non-hydrogen) atoms. The number of benzene rings is 1. The van der Waals surface area contributed by atoms with Crippen LogP contribution in [0.15, 0.2) is 23.1 Å². The Bertz CT molecular complexity index is 781. The van der Waals surface area contributed by atoms with E-state index in [9.17, 15) is 13.2 Å². The van der Waals surface area contributed by atoms with Gasteiger partial charge in [-0.3, -0.25) is 4.79 Å². The summed E-state index contributed by atoms with van der Waals surface area (Å²) in [5, 5.41) is 0. The molecule has 6 nitrogen and oxygen atoms in total. The molecule has 0 radical (unpaired) electrons. The van der Waals surface area contributed by atoms with Crippen molar-refractivity contribution >= 4 is 38.5 Å². The van der Waals surface area contributed by atoms with Gasteiger partial charge in [-0.1, -0.05) is 6.07 Å². The van der Waals surface area contributed by atoms with Crippen molar-refractivity contribution < 1.29 is 13.2 Å². The minimum atomic E-state index is -3.70. The molecule has 0 N–H and O–H groups in total. The average molecular weight is 325 g/mol. The molecule has 0 unspecified atom stereocenters. The van der Waals surface area contributed by atoms with Crippen LogP contribution in [-0.2, 0) is 14.6 Å². The maximum atomic E-state index is 12.4. The highest BCUT2D eigenvalue weighted by molar-refractivity contribution is 7.92. The van der Waals surface area contributed by atoms with E-state index in [4.69, 9.17) is 0 Å². The Balaban J connectivity index is 1.83. The zero-order valence-corrected chi connectivity index (χ0v) is 13.2. The summed E-state index contributed by atoms with van der Waals surface area (Å²) in [5.74, 6) is -0.359. The zero-order valence-electron chi connectivity index (χ0n) is 11.5. The summed E-state index contributed by atoms with van der Waals surface area (Å²) in [6.45, 7) is 0.636. The van der Waals surface area contributed by atoms with Crippen LogP contribution in [0.1, 0.15) is 12.8 Å². The van der Waals surface area contributed by atoms with Crippen LogP contribution in [0.3, 0.4) is 0 Å². The molecular formula is C13H15N3O3S2. The van der Waals surface area contributed by atoms with Crippen LogP contribution in [-0.4, -0.2) is 47.3 Å². The minimum Gasteiger partial charge on any atom is -0.345 e. The fourth-order valence-corrected chi connectivity index (χ4v) is 4.21. The van der Waals surface area contributed by atoms with Gasteiger partial charge >= 0.3 is 0 Å². The summed E-state index contributed by atoms with van der Waals surface area (Å²) in [6.07, 6.45) is 2.24. The number of carbonyl (C=O) groups is 1. The van der Waals surface area contributed by atoms with Crippen molar-refractivity contribution in [2.75, 3.05) is 19.3 Å². The molecule has 1 heterocycles. The largest absolute Gasteiger partial charge is 0.345 e. The lowest BCUT2D eigenvalue weighted by atomic mass is 10.3. The van der Waals surface area contributed by atoms with Gasteiger partial charge in [0, 0.05) is 13.6 Å². The van der Waals surface area contributed by atoms with Gasteiger partial charge in [0.2, 0.25) is 5.91 Å². The number of hydrogen-bond acceptors (Lipinski definition) is 6. The van der Waals surface area contributed by atoms with Crippen LogP contribution in [0, 0.1) is 5.92 Å². The molecular weight excluding hydrogens is 310 g/mol. The summed E-state index contributed by atoms with van der Waals surface area (Å²) < 4.78 is 32.9. The van der Waals surface area contributed by atoms with Crippen LogP contribution in [0.4, 0.5) is 0 Å². The number of hydrogen-bond donors (Lipinski definition) is 0. The molecule has 0 spiro atoms. The lowest BCUT2D eigenvalue weighted by molar-refractivity contribution is -0.127. The van der Waals surface area contributed by atoms with Crippen molar-refractivity contribution in [2.24, 2.45) is 5.92 Å². The van der Waals surface area contributed by atoms with E-state index in [1.54, 1.807) is 19.2 Å². The molecule has 1 saturated carbocycles. The summed E-state index contributed by atoms with van der Waals surface area (Å²) in [5.41, 5.74) is 0.889. The second-order valence-corrected chi connectivity index (χ2v) is 7.85. The van der Waals surface area contributed by atoms with Crippen LogP contribution >= 0.6 is 11.7 Å².